The van der Waals surface area contributed by atoms with Gasteiger partial charge < -0.3 is 24.8 Å². The average molecular weight is 381 g/mol. The summed E-state index contributed by atoms with van der Waals surface area (Å²) in [6, 6.07) is 0. The van der Waals surface area contributed by atoms with Crippen LogP contribution < -0.4 is 5.11 Å². The second-order valence-electron chi connectivity index (χ2n) is 7.41. The molecule has 0 heterocycles. The molecule has 0 amide bonds. The first-order valence-corrected chi connectivity index (χ1v) is 10.9. The van der Waals surface area contributed by atoms with E-state index in [1.165, 1.54) is 59.0 Å². The number of carboxylic acid groups (broad SMARTS) is 1. The molecule has 0 aliphatic carbocycles. The minimum absolute atomic E-state index is 0.145. The van der Waals surface area contributed by atoms with Gasteiger partial charge in [0.2, 0.25) is 0 Å². The maximum atomic E-state index is 11.5. The molecule has 150 valence electrons. The lowest BCUT2D eigenvalue weighted by atomic mass is 10.1. The Morgan fingerprint density at radius 3 is 1.60 bits per heavy atom. The van der Waals surface area contributed by atoms with Crippen molar-refractivity contribution in [1.29, 1.82) is 0 Å². The molecule has 0 aliphatic heterocycles. The Bertz CT molecular complexity index is 437. The Labute approximate surface area is 151 Å². The summed E-state index contributed by atoms with van der Waals surface area (Å²) in [5, 5.41) is 21.2. The maximum absolute atomic E-state index is 11.5. The molecule has 0 aromatic carbocycles. The SMILES string of the molecule is CCCCCCCCCCCCC[N+](C)(C)C(O)(C(=O)[O-])P(=O)(O)O. The van der Waals surface area contributed by atoms with E-state index in [1.807, 2.05) is 0 Å². The summed E-state index contributed by atoms with van der Waals surface area (Å²) in [5.41, 5.74) is -3.22. The van der Waals surface area contributed by atoms with Gasteiger partial charge in [-0.25, -0.2) is 4.57 Å². The van der Waals surface area contributed by atoms with Gasteiger partial charge in [0.25, 0.3) is 0 Å². The summed E-state index contributed by atoms with van der Waals surface area (Å²) in [6.45, 7) is 2.35. The van der Waals surface area contributed by atoms with E-state index in [4.69, 9.17) is 0 Å². The van der Waals surface area contributed by atoms with Gasteiger partial charge in [0, 0.05) is 0 Å². The smallest absolute Gasteiger partial charge is 0.421 e. The molecule has 1 atom stereocenters. The van der Waals surface area contributed by atoms with Crippen LogP contribution in [0.15, 0.2) is 0 Å². The predicted molar refractivity (Wildman–Crippen MR) is 95.4 cm³/mol. The molecule has 0 rings (SSSR count). The first-order chi connectivity index (χ1) is 11.5. The van der Waals surface area contributed by atoms with Crippen molar-refractivity contribution in [2.75, 3.05) is 20.6 Å². The maximum Gasteiger partial charge on any atom is 0.421 e. The molecule has 0 fully saturated rings. The van der Waals surface area contributed by atoms with E-state index in [-0.39, 0.29) is 6.54 Å². The zero-order valence-electron chi connectivity index (χ0n) is 15.9. The van der Waals surface area contributed by atoms with Crippen LogP contribution in [0.3, 0.4) is 0 Å². The highest BCUT2D eigenvalue weighted by atomic mass is 31.2. The van der Waals surface area contributed by atoms with E-state index < -0.39 is 23.5 Å². The number of aliphatic hydroxyl groups is 1. The third-order valence-electron chi connectivity index (χ3n) is 4.84. The van der Waals surface area contributed by atoms with Crippen LogP contribution in [0, 0.1) is 0 Å². The largest absolute Gasteiger partial charge is 0.541 e. The third kappa shape index (κ3) is 7.75. The van der Waals surface area contributed by atoms with Crippen molar-refractivity contribution in [2.45, 2.75) is 83.0 Å². The van der Waals surface area contributed by atoms with Crippen LogP contribution in [0.4, 0.5) is 0 Å². The van der Waals surface area contributed by atoms with Gasteiger partial charge in [-0.1, -0.05) is 64.7 Å². The third-order valence-corrected chi connectivity index (χ3v) is 6.38. The van der Waals surface area contributed by atoms with Crippen LogP contribution in [0.2, 0.25) is 0 Å². The molecular weight excluding hydrogens is 345 g/mol. The van der Waals surface area contributed by atoms with Crippen LogP contribution in [0.5, 0.6) is 0 Å². The normalized spacial score (nSPS) is 15.1. The quantitative estimate of drug-likeness (QED) is 0.173. The zero-order valence-corrected chi connectivity index (χ0v) is 16.8. The highest BCUT2D eigenvalue weighted by Crippen LogP contribution is 2.52. The zero-order chi connectivity index (χ0) is 19.6. The van der Waals surface area contributed by atoms with Crippen LogP contribution in [0.1, 0.15) is 77.6 Å². The standard InChI is InChI=1S/C17H36NO6P/c1-4-5-6-7-8-9-10-11-12-13-14-15-18(2,3)17(21,16(19)20)25(22,23)24/h21H,4-15H2,1-3H3,(H2-,19,20,22,23,24). The summed E-state index contributed by atoms with van der Waals surface area (Å²) in [7, 11) is -2.69. The van der Waals surface area contributed by atoms with E-state index in [1.54, 1.807) is 0 Å². The summed E-state index contributed by atoms with van der Waals surface area (Å²) in [5.74, 6) is -2.14. The monoisotopic (exact) mass is 381 g/mol. The van der Waals surface area contributed by atoms with E-state index in [0.29, 0.717) is 6.42 Å². The Kier molecular flexibility index (Phi) is 11.1. The van der Waals surface area contributed by atoms with Crippen molar-refractivity contribution < 1.29 is 33.8 Å². The van der Waals surface area contributed by atoms with E-state index >= 15 is 0 Å². The fraction of sp³-hybridized carbons (Fsp3) is 0.941. The Hall–Kier alpha value is -0.460. The molecule has 0 bridgehead atoms. The first-order valence-electron chi connectivity index (χ1n) is 9.33. The van der Waals surface area contributed by atoms with Crippen LogP contribution in [0.25, 0.3) is 0 Å². The lowest BCUT2D eigenvalue weighted by molar-refractivity contribution is -0.943. The van der Waals surface area contributed by atoms with Crippen LogP contribution >= 0.6 is 7.60 Å². The Morgan fingerprint density at radius 1 is 0.920 bits per heavy atom. The van der Waals surface area contributed by atoms with Crippen molar-refractivity contribution in [2.24, 2.45) is 0 Å². The number of carbonyl (C=O) groups is 1. The van der Waals surface area contributed by atoms with Gasteiger partial charge in [0.1, 0.15) is 5.97 Å². The summed E-state index contributed by atoms with van der Waals surface area (Å²) < 4.78 is 10.7. The topological polar surface area (TPSA) is 118 Å². The highest BCUT2D eigenvalue weighted by Gasteiger charge is 2.60. The fourth-order valence-electron chi connectivity index (χ4n) is 3.05. The van der Waals surface area contributed by atoms with Crippen LogP contribution in [-0.4, -0.2) is 51.5 Å². The van der Waals surface area contributed by atoms with Crippen molar-refractivity contribution in [3.8, 4) is 0 Å². The lowest BCUT2D eigenvalue weighted by Crippen LogP contribution is -2.67. The van der Waals surface area contributed by atoms with Gasteiger partial charge >= 0.3 is 13.1 Å². The lowest BCUT2D eigenvalue weighted by Gasteiger charge is -2.44. The number of nitrogens with zero attached hydrogens (tertiary/aromatic N) is 1. The molecular formula is C17H36NO6P. The van der Waals surface area contributed by atoms with Crippen molar-refractivity contribution in [1.82, 2.24) is 0 Å². The van der Waals surface area contributed by atoms with Crippen molar-refractivity contribution >= 4 is 13.6 Å². The number of rotatable bonds is 15. The molecule has 0 aromatic heterocycles. The van der Waals surface area contributed by atoms with Gasteiger partial charge in [0.15, 0.2) is 0 Å². The minimum Gasteiger partial charge on any atom is -0.541 e. The number of aliphatic carboxylic acids is 1. The summed E-state index contributed by atoms with van der Waals surface area (Å²) in [6.07, 6.45) is 12.4. The molecule has 25 heavy (non-hydrogen) atoms. The number of carboxylic acids is 1. The van der Waals surface area contributed by atoms with Gasteiger partial charge in [-0.2, -0.15) is 0 Å². The molecule has 0 radical (unpaired) electrons. The molecule has 0 saturated carbocycles. The minimum atomic E-state index is -5.28. The van der Waals surface area contributed by atoms with E-state index in [2.05, 4.69) is 6.92 Å². The fourth-order valence-corrected chi connectivity index (χ4v) is 4.09. The molecule has 0 aromatic rings. The van der Waals surface area contributed by atoms with Gasteiger partial charge in [0.05, 0.1) is 20.6 Å². The second-order valence-corrected chi connectivity index (χ2v) is 9.12. The van der Waals surface area contributed by atoms with Crippen LogP contribution in [-0.2, 0) is 9.36 Å². The second kappa shape index (κ2) is 11.3. The molecule has 3 N–H and O–H groups in total. The van der Waals surface area contributed by atoms with E-state index in [9.17, 15) is 29.4 Å². The number of likely N-dealkylation sites (N-methyl/N-ethyl adjacent to an activating group) is 1. The van der Waals surface area contributed by atoms with Gasteiger partial charge in [-0.15, -0.1) is 0 Å². The molecule has 8 heteroatoms. The average Bonchev–Trinajstić information content (AvgIpc) is 2.50. The molecule has 0 aliphatic rings. The number of hydrogen-bond donors (Lipinski definition) is 3. The van der Waals surface area contributed by atoms with Gasteiger partial charge in [-0.3, -0.25) is 4.48 Å². The highest BCUT2D eigenvalue weighted by molar-refractivity contribution is 7.54. The van der Waals surface area contributed by atoms with Gasteiger partial charge in [-0.05, 0) is 12.8 Å². The number of hydrogen-bond acceptors (Lipinski definition) is 4. The molecule has 1 unspecified atom stereocenters. The summed E-state index contributed by atoms with van der Waals surface area (Å²) in [4.78, 5) is 29.6. The molecule has 0 saturated heterocycles. The Balaban J connectivity index is 4.07. The van der Waals surface area contributed by atoms with Crippen molar-refractivity contribution in [3.63, 3.8) is 0 Å². The van der Waals surface area contributed by atoms with E-state index in [0.717, 1.165) is 19.3 Å². The Morgan fingerprint density at radius 2 is 1.28 bits per heavy atom. The number of quaternary nitrogens is 1. The first kappa shape index (κ1) is 24.5. The molecule has 0 spiro atoms. The van der Waals surface area contributed by atoms with Crippen molar-refractivity contribution in [3.05, 3.63) is 0 Å². The molecule has 7 nitrogen and oxygen atoms in total. The predicted octanol–water partition coefficient (Wildman–Crippen LogP) is 1.95. The number of unbranched alkanes of at least 4 members (excludes halogenated alkanes) is 10. The summed E-state index contributed by atoms with van der Waals surface area (Å²) >= 11 is 0. The number of carbonyl (C=O) groups excluding carboxylic acids is 1.